The van der Waals surface area contributed by atoms with Crippen LogP contribution in [0.15, 0.2) is 0 Å². The van der Waals surface area contributed by atoms with Gasteiger partial charge in [-0.05, 0) is 7.05 Å². The summed E-state index contributed by atoms with van der Waals surface area (Å²) in [4.78, 5) is 2.24. The first-order valence-corrected chi connectivity index (χ1v) is 3.29. The van der Waals surface area contributed by atoms with E-state index >= 15 is 0 Å². The molecule has 0 aromatic rings. The van der Waals surface area contributed by atoms with Crippen LogP contribution in [-0.2, 0) is 9.47 Å². The van der Waals surface area contributed by atoms with E-state index in [9.17, 15) is 0 Å². The van der Waals surface area contributed by atoms with Gasteiger partial charge >= 0.3 is 0 Å². The second-order valence-corrected chi connectivity index (χ2v) is 2.64. The molecular weight excluding hydrogens is 118 g/mol. The maximum atomic E-state index is 5.39. The van der Waals surface area contributed by atoms with Crippen molar-refractivity contribution in [1.29, 1.82) is 0 Å². The number of fused-ring (bicyclic) bond motifs is 2. The molecule has 3 heteroatoms. The Morgan fingerprint density at radius 3 is 2.89 bits per heavy atom. The number of hydrogen-bond acceptors (Lipinski definition) is 3. The lowest BCUT2D eigenvalue weighted by Crippen LogP contribution is -2.43. The molecule has 2 aliphatic rings. The first kappa shape index (κ1) is 5.65. The van der Waals surface area contributed by atoms with Crippen molar-refractivity contribution in [3.8, 4) is 0 Å². The molecule has 0 saturated carbocycles. The molecule has 0 aliphatic carbocycles. The van der Waals surface area contributed by atoms with Crippen LogP contribution in [0.2, 0.25) is 0 Å². The number of rotatable bonds is 0. The third-order valence-electron chi connectivity index (χ3n) is 2.08. The maximum Gasteiger partial charge on any atom is 0.134 e. The quantitative estimate of drug-likeness (QED) is 0.447. The van der Waals surface area contributed by atoms with Gasteiger partial charge in [-0.25, -0.2) is 0 Å². The number of hydrogen-bond donors (Lipinski definition) is 0. The van der Waals surface area contributed by atoms with Crippen LogP contribution >= 0.6 is 0 Å². The van der Waals surface area contributed by atoms with Crippen molar-refractivity contribution < 1.29 is 9.47 Å². The molecule has 0 spiro atoms. The van der Waals surface area contributed by atoms with Crippen LogP contribution in [-0.4, -0.2) is 44.0 Å². The van der Waals surface area contributed by atoms with Gasteiger partial charge in [-0.2, -0.15) is 0 Å². The van der Waals surface area contributed by atoms with Crippen LogP contribution in [0.5, 0.6) is 0 Å². The van der Waals surface area contributed by atoms with Crippen molar-refractivity contribution in [1.82, 2.24) is 4.90 Å². The Bertz CT molecular complexity index is 102. The molecule has 0 aromatic carbocycles. The fourth-order valence-electron chi connectivity index (χ4n) is 1.33. The van der Waals surface area contributed by atoms with E-state index < -0.39 is 0 Å². The van der Waals surface area contributed by atoms with E-state index in [-0.39, 0.29) is 6.23 Å². The Kier molecular flexibility index (Phi) is 1.22. The van der Waals surface area contributed by atoms with Crippen LogP contribution in [0.4, 0.5) is 0 Å². The highest BCUT2D eigenvalue weighted by atomic mass is 16.6. The summed E-state index contributed by atoms with van der Waals surface area (Å²) >= 11 is 0. The molecule has 0 N–H and O–H groups in total. The third kappa shape index (κ3) is 0.764. The molecule has 0 aromatic heterocycles. The zero-order valence-corrected chi connectivity index (χ0v) is 5.54. The summed E-state index contributed by atoms with van der Waals surface area (Å²) < 4.78 is 10.7. The lowest BCUT2D eigenvalue weighted by atomic mass is 10.3. The highest BCUT2D eigenvalue weighted by molar-refractivity contribution is 4.81. The molecule has 0 radical (unpaired) electrons. The van der Waals surface area contributed by atoms with Gasteiger partial charge in [0.05, 0.1) is 25.9 Å². The molecule has 2 aliphatic heterocycles. The predicted octanol–water partition coefficient (Wildman–Crippen LogP) is -0.327. The van der Waals surface area contributed by atoms with E-state index in [4.69, 9.17) is 9.47 Å². The van der Waals surface area contributed by atoms with Gasteiger partial charge in [-0.1, -0.05) is 0 Å². The van der Waals surface area contributed by atoms with Gasteiger partial charge in [0.1, 0.15) is 6.23 Å². The Balaban J connectivity index is 2.10. The van der Waals surface area contributed by atoms with Gasteiger partial charge in [0.15, 0.2) is 0 Å². The highest BCUT2D eigenvalue weighted by Crippen LogP contribution is 2.19. The molecule has 2 fully saturated rings. The molecule has 2 bridgehead atoms. The molecule has 9 heavy (non-hydrogen) atoms. The van der Waals surface area contributed by atoms with E-state index in [1.54, 1.807) is 0 Å². The molecule has 0 amide bonds. The van der Waals surface area contributed by atoms with E-state index in [1.165, 1.54) is 0 Å². The fourth-order valence-corrected chi connectivity index (χ4v) is 1.33. The predicted molar refractivity (Wildman–Crippen MR) is 32.1 cm³/mol. The molecular formula is C6H11NO2. The minimum atomic E-state index is 0.240. The lowest BCUT2D eigenvalue weighted by Gasteiger charge is -2.28. The average Bonchev–Trinajstić information content (AvgIpc) is 2.19. The summed E-state index contributed by atoms with van der Waals surface area (Å²) in [5.74, 6) is 0. The third-order valence-corrected chi connectivity index (χ3v) is 2.08. The van der Waals surface area contributed by atoms with E-state index in [2.05, 4.69) is 11.9 Å². The van der Waals surface area contributed by atoms with Gasteiger partial charge in [0.2, 0.25) is 0 Å². The van der Waals surface area contributed by atoms with Crippen molar-refractivity contribution >= 4 is 0 Å². The number of likely N-dealkylation sites (N-methyl/N-ethyl adjacent to an activating group) is 1. The minimum Gasteiger partial charge on any atom is -0.376 e. The summed E-state index contributed by atoms with van der Waals surface area (Å²) in [5, 5.41) is 0. The molecule has 2 atom stereocenters. The molecule has 52 valence electrons. The first-order valence-electron chi connectivity index (χ1n) is 3.29. The Morgan fingerprint density at radius 2 is 2.22 bits per heavy atom. The van der Waals surface area contributed by atoms with Crippen LogP contribution in [0.25, 0.3) is 0 Å². The SMILES string of the molecule is CN1C2COCC1OC2. The number of nitrogens with zero attached hydrogens (tertiary/aromatic N) is 1. The Labute approximate surface area is 54.5 Å². The summed E-state index contributed by atoms with van der Waals surface area (Å²) in [6.07, 6.45) is 0.240. The van der Waals surface area contributed by atoms with Gasteiger partial charge < -0.3 is 9.47 Å². The summed E-state index contributed by atoms with van der Waals surface area (Å²) in [6, 6.07) is 0.517. The molecule has 2 saturated heterocycles. The zero-order valence-electron chi connectivity index (χ0n) is 5.54. The minimum absolute atomic E-state index is 0.240. The van der Waals surface area contributed by atoms with Gasteiger partial charge in [0.25, 0.3) is 0 Å². The maximum absolute atomic E-state index is 5.39. The Hall–Kier alpha value is -0.120. The second-order valence-electron chi connectivity index (χ2n) is 2.64. The van der Waals surface area contributed by atoms with Crippen molar-refractivity contribution in [2.75, 3.05) is 26.9 Å². The summed E-state index contributed by atoms with van der Waals surface area (Å²) in [5.41, 5.74) is 0. The van der Waals surface area contributed by atoms with Gasteiger partial charge in [-0.15, -0.1) is 0 Å². The lowest BCUT2D eigenvalue weighted by molar-refractivity contribution is -0.0614. The van der Waals surface area contributed by atoms with Crippen LogP contribution < -0.4 is 0 Å². The van der Waals surface area contributed by atoms with Crippen LogP contribution in [0.1, 0.15) is 0 Å². The first-order chi connectivity index (χ1) is 4.38. The summed E-state index contributed by atoms with van der Waals surface area (Å²) in [7, 11) is 2.09. The number of ether oxygens (including phenoxy) is 2. The summed E-state index contributed by atoms with van der Waals surface area (Å²) in [6.45, 7) is 2.43. The molecule has 3 nitrogen and oxygen atoms in total. The second kappa shape index (κ2) is 1.94. The van der Waals surface area contributed by atoms with E-state index in [0.29, 0.717) is 6.04 Å². The fraction of sp³-hybridized carbons (Fsp3) is 1.00. The van der Waals surface area contributed by atoms with E-state index in [0.717, 1.165) is 19.8 Å². The smallest absolute Gasteiger partial charge is 0.134 e. The van der Waals surface area contributed by atoms with Crippen molar-refractivity contribution in [2.45, 2.75) is 12.3 Å². The normalized spacial score (nSPS) is 43.7. The molecule has 2 unspecified atom stereocenters. The van der Waals surface area contributed by atoms with Crippen molar-refractivity contribution in [3.63, 3.8) is 0 Å². The average molecular weight is 129 g/mol. The largest absolute Gasteiger partial charge is 0.376 e. The van der Waals surface area contributed by atoms with Crippen LogP contribution in [0, 0.1) is 0 Å². The van der Waals surface area contributed by atoms with Gasteiger partial charge in [-0.3, -0.25) is 4.90 Å². The standard InChI is InChI=1S/C6H11NO2/c1-7-5-2-8-4-6(7)9-3-5/h5-6H,2-4H2,1H3. The van der Waals surface area contributed by atoms with Crippen molar-refractivity contribution in [3.05, 3.63) is 0 Å². The monoisotopic (exact) mass is 129 g/mol. The van der Waals surface area contributed by atoms with Crippen molar-refractivity contribution in [2.24, 2.45) is 0 Å². The molecule has 2 heterocycles. The number of morpholine rings is 1. The Morgan fingerprint density at radius 1 is 1.33 bits per heavy atom. The zero-order chi connectivity index (χ0) is 6.27. The van der Waals surface area contributed by atoms with Crippen LogP contribution in [0.3, 0.4) is 0 Å². The van der Waals surface area contributed by atoms with Gasteiger partial charge in [0, 0.05) is 0 Å². The highest BCUT2D eigenvalue weighted by Gasteiger charge is 2.35. The topological polar surface area (TPSA) is 21.7 Å². The van der Waals surface area contributed by atoms with E-state index in [1.807, 2.05) is 0 Å². The molecule has 2 rings (SSSR count).